The summed E-state index contributed by atoms with van der Waals surface area (Å²) >= 11 is 5.96. The van der Waals surface area contributed by atoms with Gasteiger partial charge in [-0.2, -0.15) is 13.2 Å². The lowest BCUT2D eigenvalue weighted by atomic mass is 10.1. The van der Waals surface area contributed by atoms with Crippen LogP contribution in [0.4, 0.5) is 13.2 Å². The molecule has 2 aromatic heterocycles. The zero-order valence-corrected chi connectivity index (χ0v) is 16.5. The molecule has 0 radical (unpaired) electrons. The number of carbonyl (C=O) groups is 2. The Bertz CT molecular complexity index is 1230. The van der Waals surface area contributed by atoms with Crippen LogP contribution in [-0.4, -0.2) is 37.3 Å². The van der Waals surface area contributed by atoms with Crippen molar-refractivity contribution in [3.05, 3.63) is 68.6 Å². The summed E-state index contributed by atoms with van der Waals surface area (Å²) in [5.74, 6) is -3.20. The average molecular weight is 458 g/mol. The summed E-state index contributed by atoms with van der Waals surface area (Å²) in [4.78, 5) is 36.5. The van der Waals surface area contributed by atoms with E-state index in [1.54, 1.807) is 0 Å². The van der Waals surface area contributed by atoms with Gasteiger partial charge in [-0.3, -0.25) is 18.9 Å². The first-order valence-corrected chi connectivity index (χ1v) is 9.11. The number of aromatic hydroxyl groups is 1. The molecule has 0 fully saturated rings. The van der Waals surface area contributed by atoms with Gasteiger partial charge in [0.05, 0.1) is 17.1 Å². The second-order valence-electron chi connectivity index (χ2n) is 6.70. The van der Waals surface area contributed by atoms with Crippen molar-refractivity contribution in [2.75, 3.05) is 0 Å². The molecule has 0 saturated heterocycles. The number of aliphatic carboxylic acids is 1. The average Bonchev–Trinajstić information content (AvgIpc) is 3.06. The van der Waals surface area contributed by atoms with E-state index in [2.05, 4.69) is 5.32 Å². The third-order valence-electron chi connectivity index (χ3n) is 4.51. The summed E-state index contributed by atoms with van der Waals surface area (Å²) in [6.45, 7) is 0.915. The Balaban J connectivity index is 2.11. The van der Waals surface area contributed by atoms with E-state index in [-0.39, 0.29) is 17.1 Å². The molecule has 2 heterocycles. The first-order valence-electron chi connectivity index (χ1n) is 8.73. The molecule has 3 aromatic rings. The smallest absolute Gasteiger partial charge is 0.416 e. The number of aromatic nitrogens is 2. The van der Waals surface area contributed by atoms with Gasteiger partial charge in [-0.25, -0.2) is 4.68 Å². The quantitative estimate of drug-likeness (QED) is 0.545. The number of alkyl halides is 3. The molecule has 1 atom stereocenters. The highest BCUT2D eigenvalue weighted by atomic mass is 35.5. The van der Waals surface area contributed by atoms with Gasteiger partial charge in [-0.05, 0) is 30.7 Å². The number of nitrogens with one attached hydrogen (secondary N) is 1. The van der Waals surface area contributed by atoms with Crippen molar-refractivity contribution < 1.29 is 33.0 Å². The Kier molecular flexibility index (Phi) is 5.72. The molecule has 1 aromatic carbocycles. The number of rotatable bonds is 5. The highest BCUT2D eigenvalue weighted by molar-refractivity contribution is 6.31. The number of carbonyl (C=O) groups excluding carboxylic acids is 1. The Hall–Kier alpha value is -3.47. The molecule has 0 aliphatic carbocycles. The summed E-state index contributed by atoms with van der Waals surface area (Å²) in [5.41, 5.74) is -2.30. The Morgan fingerprint density at radius 3 is 2.39 bits per heavy atom. The van der Waals surface area contributed by atoms with Crippen LogP contribution >= 0.6 is 11.6 Å². The molecule has 1 unspecified atom stereocenters. The van der Waals surface area contributed by atoms with E-state index in [4.69, 9.17) is 16.7 Å². The Morgan fingerprint density at radius 1 is 1.23 bits per heavy atom. The standard InChI is InChI=1S/C19H15ClF3N3O5/c1-9(18(30)31)24-16(28)14-15(27)13-6-12(20)8-25(13)26(17(14)29)7-10-2-4-11(5-3-10)19(21,22)23/h2-6,8-9,27H,7H2,1H3,(H,24,28)(H,30,31). The molecule has 12 heteroatoms. The minimum atomic E-state index is -4.53. The number of carboxylic acid groups (broad SMARTS) is 1. The lowest BCUT2D eigenvalue weighted by molar-refractivity contribution is -0.139. The highest BCUT2D eigenvalue weighted by Gasteiger charge is 2.30. The Labute approximate surface area is 177 Å². The highest BCUT2D eigenvalue weighted by Crippen LogP contribution is 2.29. The van der Waals surface area contributed by atoms with Crippen molar-refractivity contribution in [3.8, 4) is 5.75 Å². The van der Waals surface area contributed by atoms with Crippen molar-refractivity contribution in [3.63, 3.8) is 0 Å². The Morgan fingerprint density at radius 2 is 1.84 bits per heavy atom. The topological polar surface area (TPSA) is 113 Å². The van der Waals surface area contributed by atoms with Crippen LogP contribution in [-0.2, 0) is 17.5 Å². The third-order valence-corrected chi connectivity index (χ3v) is 4.72. The summed E-state index contributed by atoms with van der Waals surface area (Å²) < 4.78 is 40.5. The molecule has 8 nitrogen and oxygen atoms in total. The number of halogens is 4. The maximum absolute atomic E-state index is 13.0. The van der Waals surface area contributed by atoms with Gasteiger partial charge < -0.3 is 15.5 Å². The third kappa shape index (κ3) is 4.36. The van der Waals surface area contributed by atoms with Gasteiger partial charge >= 0.3 is 12.1 Å². The minimum Gasteiger partial charge on any atom is -0.505 e. The molecule has 1 amide bonds. The van der Waals surface area contributed by atoms with Gasteiger partial charge in [0.2, 0.25) is 0 Å². The van der Waals surface area contributed by atoms with Crippen LogP contribution < -0.4 is 10.9 Å². The van der Waals surface area contributed by atoms with E-state index in [1.165, 1.54) is 31.3 Å². The second-order valence-corrected chi connectivity index (χ2v) is 7.14. The van der Waals surface area contributed by atoms with Crippen molar-refractivity contribution in [1.29, 1.82) is 0 Å². The van der Waals surface area contributed by atoms with E-state index in [0.29, 0.717) is 5.56 Å². The predicted molar refractivity (Wildman–Crippen MR) is 103 cm³/mol. The number of hydrogen-bond donors (Lipinski definition) is 3. The lowest BCUT2D eigenvalue weighted by Gasteiger charge is -2.16. The number of benzene rings is 1. The van der Waals surface area contributed by atoms with Crippen LogP contribution in [0.2, 0.25) is 5.02 Å². The van der Waals surface area contributed by atoms with Crippen LogP contribution in [0, 0.1) is 0 Å². The zero-order chi connectivity index (χ0) is 23.1. The fraction of sp³-hybridized carbons (Fsp3) is 0.211. The number of amides is 1. The zero-order valence-electron chi connectivity index (χ0n) is 15.8. The van der Waals surface area contributed by atoms with Crippen molar-refractivity contribution in [2.24, 2.45) is 0 Å². The van der Waals surface area contributed by atoms with Crippen LogP contribution in [0.3, 0.4) is 0 Å². The second kappa shape index (κ2) is 7.99. The van der Waals surface area contributed by atoms with E-state index in [9.17, 15) is 32.7 Å². The SMILES string of the molecule is CC(NC(=O)c1c(O)c2cc(Cl)cn2n(Cc2ccc(C(F)(F)F)cc2)c1=O)C(=O)O. The molecule has 3 N–H and O–H groups in total. The largest absolute Gasteiger partial charge is 0.505 e. The fourth-order valence-electron chi connectivity index (χ4n) is 2.91. The molecular weight excluding hydrogens is 443 g/mol. The van der Waals surface area contributed by atoms with Gasteiger partial charge in [-0.1, -0.05) is 23.7 Å². The normalized spacial score (nSPS) is 12.7. The molecule has 0 saturated carbocycles. The summed E-state index contributed by atoms with van der Waals surface area (Å²) in [6.07, 6.45) is -3.25. The number of fused-ring (bicyclic) bond motifs is 1. The maximum Gasteiger partial charge on any atom is 0.416 e. The van der Waals surface area contributed by atoms with Crippen LogP contribution in [0.5, 0.6) is 5.75 Å². The van der Waals surface area contributed by atoms with Gasteiger partial charge in [0.25, 0.3) is 11.5 Å². The molecular formula is C19H15ClF3N3O5. The van der Waals surface area contributed by atoms with Crippen LogP contribution in [0.25, 0.3) is 5.52 Å². The van der Waals surface area contributed by atoms with Crippen LogP contribution in [0.1, 0.15) is 28.4 Å². The maximum atomic E-state index is 13.0. The fourth-order valence-corrected chi connectivity index (χ4v) is 3.10. The lowest BCUT2D eigenvalue weighted by Crippen LogP contribution is -2.42. The molecule has 0 aliphatic rings. The summed E-state index contributed by atoms with van der Waals surface area (Å²) in [5, 5.41) is 21.6. The molecule has 0 aliphatic heterocycles. The van der Waals surface area contributed by atoms with Crippen molar-refractivity contribution >= 4 is 29.0 Å². The van der Waals surface area contributed by atoms with Gasteiger partial charge in [0.15, 0.2) is 5.75 Å². The van der Waals surface area contributed by atoms with E-state index < -0.39 is 46.5 Å². The van der Waals surface area contributed by atoms with Gasteiger partial charge in [-0.15, -0.1) is 0 Å². The summed E-state index contributed by atoms with van der Waals surface area (Å²) in [7, 11) is 0. The van der Waals surface area contributed by atoms with Crippen molar-refractivity contribution in [2.45, 2.75) is 25.7 Å². The first-order chi connectivity index (χ1) is 14.4. The number of carboxylic acids is 1. The number of hydrogen-bond acceptors (Lipinski definition) is 4. The molecule has 3 rings (SSSR count). The van der Waals surface area contributed by atoms with Gasteiger partial charge in [0, 0.05) is 6.20 Å². The van der Waals surface area contributed by atoms with Crippen molar-refractivity contribution in [1.82, 2.24) is 14.5 Å². The molecule has 0 spiro atoms. The monoisotopic (exact) mass is 457 g/mol. The molecule has 0 bridgehead atoms. The van der Waals surface area contributed by atoms with E-state index >= 15 is 0 Å². The summed E-state index contributed by atoms with van der Waals surface area (Å²) in [6, 6.07) is 3.97. The predicted octanol–water partition coefficient (Wildman–Crippen LogP) is 2.73. The minimum absolute atomic E-state index is 0.0235. The van der Waals surface area contributed by atoms with Gasteiger partial charge in [0.1, 0.15) is 17.1 Å². The first kappa shape index (κ1) is 22.2. The van der Waals surface area contributed by atoms with E-state index in [0.717, 1.165) is 21.3 Å². The van der Waals surface area contributed by atoms with E-state index in [1.807, 2.05) is 0 Å². The molecule has 164 valence electrons. The van der Waals surface area contributed by atoms with Crippen LogP contribution in [0.15, 0.2) is 41.3 Å². The molecule has 31 heavy (non-hydrogen) atoms. The number of nitrogens with zero attached hydrogens (tertiary/aromatic N) is 2.